The summed E-state index contributed by atoms with van der Waals surface area (Å²) < 4.78 is 11.6. The first-order chi connectivity index (χ1) is 9.65. The molecule has 0 aromatic carbocycles. The van der Waals surface area contributed by atoms with Crippen LogP contribution in [0.2, 0.25) is 0 Å². The lowest BCUT2D eigenvalue weighted by atomic mass is 10.4. The molecule has 2 N–H and O–H groups in total. The zero-order valence-corrected chi connectivity index (χ0v) is 11.3. The average molecular weight is 281 g/mol. The molecule has 1 aliphatic rings. The molecular formula is C13H19N3O4. The number of pyridine rings is 1. The molecule has 7 nitrogen and oxygen atoms in total. The van der Waals surface area contributed by atoms with Gasteiger partial charge in [0.2, 0.25) is 0 Å². The maximum absolute atomic E-state index is 11.7. The number of morpholine rings is 1. The van der Waals surface area contributed by atoms with Crippen LogP contribution >= 0.6 is 0 Å². The quantitative estimate of drug-likeness (QED) is 0.719. The van der Waals surface area contributed by atoms with Crippen molar-refractivity contribution in [1.29, 1.82) is 0 Å². The third-order valence-electron chi connectivity index (χ3n) is 3.08. The number of esters is 1. The Balaban J connectivity index is 1.74. The molecule has 0 atom stereocenters. The van der Waals surface area contributed by atoms with Gasteiger partial charge in [0.1, 0.15) is 13.2 Å². The Kier molecular flexibility index (Phi) is 5.14. The van der Waals surface area contributed by atoms with Gasteiger partial charge in [-0.25, -0.2) is 0 Å². The summed E-state index contributed by atoms with van der Waals surface area (Å²) in [5.41, 5.74) is 5.73. The number of ether oxygens (including phenoxy) is 2. The highest BCUT2D eigenvalue weighted by Gasteiger charge is 2.11. The molecule has 0 unspecified atom stereocenters. The molecule has 110 valence electrons. The summed E-state index contributed by atoms with van der Waals surface area (Å²) in [5.74, 6) is -0.439. The Morgan fingerprint density at radius 3 is 2.85 bits per heavy atom. The molecule has 0 amide bonds. The van der Waals surface area contributed by atoms with Crippen molar-refractivity contribution < 1.29 is 14.3 Å². The Bertz CT molecular complexity index is 509. The molecule has 0 saturated carbocycles. The van der Waals surface area contributed by atoms with E-state index in [-0.39, 0.29) is 12.1 Å². The van der Waals surface area contributed by atoms with Crippen LogP contribution in [-0.4, -0.2) is 54.9 Å². The van der Waals surface area contributed by atoms with Crippen LogP contribution in [0.1, 0.15) is 0 Å². The van der Waals surface area contributed by atoms with E-state index < -0.39 is 5.97 Å². The fourth-order valence-electron chi connectivity index (χ4n) is 1.97. The van der Waals surface area contributed by atoms with Gasteiger partial charge in [0.15, 0.2) is 0 Å². The number of nitrogen functional groups attached to an aromatic ring is 1. The molecule has 1 aliphatic heterocycles. The molecule has 1 aromatic heterocycles. The molecular weight excluding hydrogens is 262 g/mol. The molecule has 1 aromatic rings. The van der Waals surface area contributed by atoms with Crippen molar-refractivity contribution in [1.82, 2.24) is 9.47 Å². The number of anilines is 1. The van der Waals surface area contributed by atoms with E-state index in [9.17, 15) is 9.59 Å². The van der Waals surface area contributed by atoms with Crippen molar-refractivity contribution in [3.63, 3.8) is 0 Å². The van der Waals surface area contributed by atoms with Crippen LogP contribution < -0.4 is 11.3 Å². The molecule has 7 heteroatoms. The number of nitrogens with two attached hydrogens (primary N) is 1. The molecule has 0 bridgehead atoms. The summed E-state index contributed by atoms with van der Waals surface area (Å²) in [6, 6.07) is 2.83. The van der Waals surface area contributed by atoms with Crippen LogP contribution in [0.4, 0.5) is 5.69 Å². The highest BCUT2D eigenvalue weighted by molar-refractivity contribution is 5.69. The number of carbonyl (C=O) groups excluding carboxylic acids is 1. The van der Waals surface area contributed by atoms with Gasteiger partial charge in [-0.3, -0.25) is 14.5 Å². The number of hydrogen-bond donors (Lipinski definition) is 1. The van der Waals surface area contributed by atoms with E-state index in [1.165, 1.54) is 22.9 Å². The van der Waals surface area contributed by atoms with E-state index in [0.29, 0.717) is 32.1 Å². The number of nitrogens with zero attached hydrogens (tertiary/aromatic N) is 2. The van der Waals surface area contributed by atoms with E-state index in [1.807, 2.05) is 0 Å². The van der Waals surface area contributed by atoms with Crippen molar-refractivity contribution in [2.75, 3.05) is 45.2 Å². The van der Waals surface area contributed by atoms with Gasteiger partial charge >= 0.3 is 5.97 Å². The van der Waals surface area contributed by atoms with Gasteiger partial charge in [-0.1, -0.05) is 0 Å². The van der Waals surface area contributed by atoms with Crippen molar-refractivity contribution in [3.05, 3.63) is 28.7 Å². The topological polar surface area (TPSA) is 86.8 Å². The maximum atomic E-state index is 11.7. The fourth-order valence-corrected chi connectivity index (χ4v) is 1.97. The minimum atomic E-state index is -0.439. The normalized spacial score (nSPS) is 16.0. The van der Waals surface area contributed by atoms with Crippen LogP contribution in [0.25, 0.3) is 0 Å². The Morgan fingerprint density at radius 2 is 2.10 bits per heavy atom. The molecule has 2 heterocycles. The van der Waals surface area contributed by atoms with Crippen molar-refractivity contribution in [2.45, 2.75) is 6.54 Å². The van der Waals surface area contributed by atoms with Crippen LogP contribution in [0.3, 0.4) is 0 Å². The highest BCUT2D eigenvalue weighted by atomic mass is 16.5. The number of aromatic nitrogens is 1. The standard InChI is InChI=1S/C13H19N3O4/c14-11-1-2-12(17)16(9-11)10-13(18)20-8-5-15-3-6-19-7-4-15/h1-2,9H,3-8,10,14H2. The number of carbonyl (C=O) groups is 1. The predicted molar refractivity (Wildman–Crippen MR) is 73.3 cm³/mol. The molecule has 1 saturated heterocycles. The summed E-state index contributed by atoms with van der Waals surface area (Å²) in [7, 11) is 0. The second-order valence-corrected chi connectivity index (χ2v) is 4.60. The molecule has 2 rings (SSSR count). The van der Waals surface area contributed by atoms with Gasteiger partial charge in [-0.15, -0.1) is 0 Å². The van der Waals surface area contributed by atoms with Crippen LogP contribution in [0.5, 0.6) is 0 Å². The predicted octanol–water partition coefficient (Wildman–Crippen LogP) is -0.694. The summed E-state index contributed by atoms with van der Waals surface area (Å²) >= 11 is 0. The van der Waals surface area contributed by atoms with E-state index in [1.54, 1.807) is 0 Å². The monoisotopic (exact) mass is 281 g/mol. The smallest absolute Gasteiger partial charge is 0.326 e. The Labute approximate surface area is 116 Å². The molecule has 1 fully saturated rings. The lowest BCUT2D eigenvalue weighted by Crippen LogP contribution is -2.38. The first kappa shape index (κ1) is 14.5. The van der Waals surface area contributed by atoms with Crippen molar-refractivity contribution >= 4 is 11.7 Å². The van der Waals surface area contributed by atoms with Gasteiger partial charge in [-0.05, 0) is 6.07 Å². The average Bonchev–Trinajstić information content (AvgIpc) is 2.44. The van der Waals surface area contributed by atoms with Gasteiger partial charge in [0.05, 0.1) is 13.2 Å². The summed E-state index contributed by atoms with van der Waals surface area (Å²) in [4.78, 5) is 25.3. The summed E-state index contributed by atoms with van der Waals surface area (Å²) in [5, 5.41) is 0. The third kappa shape index (κ3) is 4.36. The van der Waals surface area contributed by atoms with Crippen molar-refractivity contribution in [3.8, 4) is 0 Å². The molecule has 0 spiro atoms. The van der Waals surface area contributed by atoms with Crippen LogP contribution in [0.15, 0.2) is 23.1 Å². The van der Waals surface area contributed by atoms with E-state index >= 15 is 0 Å². The summed E-state index contributed by atoms with van der Waals surface area (Å²) in [6.07, 6.45) is 1.44. The zero-order valence-electron chi connectivity index (χ0n) is 11.3. The third-order valence-corrected chi connectivity index (χ3v) is 3.08. The van der Waals surface area contributed by atoms with Gasteiger partial charge in [0.25, 0.3) is 5.56 Å². The second kappa shape index (κ2) is 7.06. The minimum Gasteiger partial charge on any atom is -0.463 e. The van der Waals surface area contributed by atoms with Gasteiger partial charge < -0.3 is 19.8 Å². The SMILES string of the molecule is Nc1ccc(=O)n(CC(=O)OCCN2CCOCC2)c1. The molecule has 20 heavy (non-hydrogen) atoms. The minimum absolute atomic E-state index is 0.118. The number of hydrogen-bond acceptors (Lipinski definition) is 6. The van der Waals surface area contributed by atoms with Gasteiger partial charge in [-0.2, -0.15) is 0 Å². The van der Waals surface area contributed by atoms with E-state index in [2.05, 4.69) is 4.90 Å². The first-order valence-electron chi connectivity index (χ1n) is 6.57. The highest BCUT2D eigenvalue weighted by Crippen LogP contribution is 1.98. The lowest BCUT2D eigenvalue weighted by Gasteiger charge is -2.26. The lowest BCUT2D eigenvalue weighted by molar-refractivity contribution is -0.145. The fraction of sp³-hybridized carbons (Fsp3) is 0.538. The molecule has 0 aliphatic carbocycles. The van der Waals surface area contributed by atoms with Crippen molar-refractivity contribution in [2.24, 2.45) is 0 Å². The Hall–Kier alpha value is -1.86. The van der Waals surface area contributed by atoms with E-state index in [4.69, 9.17) is 15.2 Å². The zero-order chi connectivity index (χ0) is 14.4. The van der Waals surface area contributed by atoms with Gasteiger partial charge in [0, 0.05) is 37.6 Å². The van der Waals surface area contributed by atoms with E-state index in [0.717, 1.165) is 13.1 Å². The van der Waals surface area contributed by atoms with Crippen LogP contribution in [0, 0.1) is 0 Å². The summed E-state index contributed by atoms with van der Waals surface area (Å²) in [6.45, 7) is 4.02. The largest absolute Gasteiger partial charge is 0.463 e. The maximum Gasteiger partial charge on any atom is 0.326 e. The first-order valence-corrected chi connectivity index (χ1v) is 6.57. The van der Waals surface area contributed by atoms with Crippen LogP contribution in [-0.2, 0) is 20.8 Å². The number of rotatable bonds is 5. The Morgan fingerprint density at radius 1 is 1.35 bits per heavy atom. The second-order valence-electron chi connectivity index (χ2n) is 4.60. The molecule has 0 radical (unpaired) electrons.